The number of carbonyl (C=O) groups excluding carboxylic acids is 2. The summed E-state index contributed by atoms with van der Waals surface area (Å²) in [7, 11) is 1.37. The number of amides is 2. The molecular formula is C17H21ClN2O6. The molecule has 0 atom stereocenters. The highest BCUT2D eigenvalue weighted by Gasteiger charge is 2.37. The van der Waals surface area contributed by atoms with Gasteiger partial charge in [-0.3, -0.25) is 14.4 Å². The van der Waals surface area contributed by atoms with Crippen LogP contribution in [-0.4, -0.2) is 42.1 Å². The maximum atomic E-state index is 12.7. The summed E-state index contributed by atoms with van der Waals surface area (Å²) in [5, 5.41) is 12.1. The van der Waals surface area contributed by atoms with Gasteiger partial charge in [-0.25, -0.2) is 0 Å². The zero-order valence-electron chi connectivity index (χ0n) is 14.3. The van der Waals surface area contributed by atoms with Crippen LogP contribution in [0.5, 0.6) is 11.5 Å². The molecule has 9 heteroatoms. The molecule has 0 unspecified atom stereocenters. The average Bonchev–Trinajstić information content (AvgIpc) is 2.99. The molecule has 1 aliphatic rings. The van der Waals surface area contributed by atoms with Crippen molar-refractivity contribution in [1.29, 1.82) is 0 Å². The third-order valence-corrected chi connectivity index (χ3v) is 4.56. The fourth-order valence-electron chi connectivity index (χ4n) is 3.13. The van der Waals surface area contributed by atoms with Gasteiger partial charge in [0.15, 0.2) is 18.1 Å². The van der Waals surface area contributed by atoms with Gasteiger partial charge in [-0.15, -0.1) is 0 Å². The second kappa shape index (κ2) is 8.27. The Labute approximate surface area is 155 Å². The molecule has 1 fully saturated rings. The summed E-state index contributed by atoms with van der Waals surface area (Å²) in [6, 6.07) is 2.79. The Hall–Kier alpha value is -2.48. The van der Waals surface area contributed by atoms with E-state index in [1.165, 1.54) is 19.2 Å². The minimum absolute atomic E-state index is 0.0782. The Morgan fingerprint density at radius 1 is 1.31 bits per heavy atom. The van der Waals surface area contributed by atoms with Crippen LogP contribution in [0.25, 0.3) is 0 Å². The van der Waals surface area contributed by atoms with Crippen LogP contribution in [0.1, 0.15) is 42.5 Å². The number of hydrogen-bond acceptors (Lipinski definition) is 5. The van der Waals surface area contributed by atoms with E-state index >= 15 is 0 Å². The summed E-state index contributed by atoms with van der Waals surface area (Å²) in [6.45, 7) is -0.386. The molecule has 2 amide bonds. The van der Waals surface area contributed by atoms with Gasteiger partial charge in [-0.1, -0.05) is 24.4 Å². The smallest absolute Gasteiger partial charge is 0.305 e. The van der Waals surface area contributed by atoms with Gasteiger partial charge in [-0.05, 0) is 25.0 Å². The third-order valence-electron chi connectivity index (χ3n) is 4.28. The van der Waals surface area contributed by atoms with Crippen molar-refractivity contribution < 1.29 is 29.0 Å². The largest absolute Gasteiger partial charge is 0.493 e. The minimum Gasteiger partial charge on any atom is -0.493 e. The monoisotopic (exact) mass is 384 g/mol. The number of halogens is 1. The molecule has 1 aromatic rings. The second-order valence-corrected chi connectivity index (χ2v) is 6.66. The Balaban J connectivity index is 2.24. The first-order valence-electron chi connectivity index (χ1n) is 8.09. The molecule has 1 aliphatic carbocycles. The normalized spacial score (nSPS) is 15.3. The molecule has 0 heterocycles. The van der Waals surface area contributed by atoms with Gasteiger partial charge >= 0.3 is 5.97 Å². The molecule has 0 spiro atoms. The number of methoxy groups -OCH3 is 1. The zero-order chi connectivity index (χ0) is 19.3. The number of hydrogen-bond donors (Lipinski definition) is 3. The lowest BCUT2D eigenvalue weighted by Gasteiger charge is -2.29. The van der Waals surface area contributed by atoms with Crippen LogP contribution >= 0.6 is 11.6 Å². The fourth-order valence-corrected chi connectivity index (χ4v) is 3.40. The molecule has 0 bridgehead atoms. The molecule has 0 aliphatic heterocycles. The number of nitrogens with two attached hydrogens (primary N) is 1. The Morgan fingerprint density at radius 2 is 1.96 bits per heavy atom. The van der Waals surface area contributed by atoms with E-state index in [1.807, 2.05) is 0 Å². The van der Waals surface area contributed by atoms with Gasteiger partial charge in [-0.2, -0.15) is 0 Å². The maximum Gasteiger partial charge on any atom is 0.305 e. The van der Waals surface area contributed by atoms with Gasteiger partial charge in [0.25, 0.3) is 11.8 Å². The number of ether oxygens (including phenoxy) is 2. The maximum absolute atomic E-state index is 12.7. The van der Waals surface area contributed by atoms with Crippen molar-refractivity contribution in [2.45, 2.75) is 37.6 Å². The van der Waals surface area contributed by atoms with Crippen molar-refractivity contribution in [3.8, 4) is 11.5 Å². The molecule has 142 valence electrons. The number of nitrogens with one attached hydrogen (secondary N) is 1. The SMILES string of the molecule is COc1cc(C(=O)NC2(CC(=O)O)CCCC2)cc(Cl)c1OCC(N)=O. The standard InChI is InChI=1S/C17H21ClN2O6/c1-25-12-7-10(6-11(18)15(12)26-9-13(19)21)16(24)20-17(8-14(22)23)4-2-3-5-17/h6-7H,2-5,8-9H2,1H3,(H2,19,21)(H,20,24)(H,22,23). The number of aliphatic carboxylic acids is 1. The van der Waals surface area contributed by atoms with Crippen molar-refractivity contribution in [3.05, 3.63) is 22.7 Å². The van der Waals surface area contributed by atoms with E-state index in [-0.39, 0.29) is 35.1 Å². The van der Waals surface area contributed by atoms with E-state index in [9.17, 15) is 14.4 Å². The van der Waals surface area contributed by atoms with Crippen molar-refractivity contribution in [3.63, 3.8) is 0 Å². The summed E-state index contributed by atoms with van der Waals surface area (Å²) < 4.78 is 10.4. The first-order chi connectivity index (χ1) is 12.3. The van der Waals surface area contributed by atoms with Crippen LogP contribution in [-0.2, 0) is 9.59 Å². The summed E-state index contributed by atoms with van der Waals surface area (Å²) >= 11 is 6.15. The van der Waals surface area contributed by atoms with Gasteiger partial charge in [0.1, 0.15) is 0 Å². The van der Waals surface area contributed by atoms with Gasteiger partial charge in [0.05, 0.1) is 24.1 Å². The van der Waals surface area contributed by atoms with E-state index in [4.69, 9.17) is 31.9 Å². The predicted molar refractivity (Wildman–Crippen MR) is 93.6 cm³/mol. The number of benzene rings is 1. The van der Waals surface area contributed by atoms with Crippen LogP contribution in [0.3, 0.4) is 0 Å². The summed E-state index contributed by atoms with van der Waals surface area (Å²) in [5.41, 5.74) is 4.49. The lowest BCUT2D eigenvalue weighted by atomic mass is 9.92. The number of rotatable bonds is 8. The van der Waals surface area contributed by atoms with E-state index < -0.39 is 23.3 Å². The number of carbonyl (C=O) groups is 3. The first-order valence-corrected chi connectivity index (χ1v) is 8.47. The number of carboxylic acid groups (broad SMARTS) is 1. The van der Waals surface area contributed by atoms with Crippen molar-refractivity contribution in [2.75, 3.05) is 13.7 Å². The topological polar surface area (TPSA) is 128 Å². The molecule has 1 saturated carbocycles. The summed E-state index contributed by atoms with van der Waals surface area (Å²) in [6.07, 6.45) is 2.80. The molecule has 4 N–H and O–H groups in total. The van der Waals surface area contributed by atoms with Gasteiger partial charge in [0, 0.05) is 5.56 Å². The highest BCUT2D eigenvalue weighted by molar-refractivity contribution is 6.32. The predicted octanol–water partition coefficient (Wildman–Crippen LogP) is 1.73. The molecular weight excluding hydrogens is 364 g/mol. The minimum atomic E-state index is -0.960. The first kappa shape index (κ1) is 19.8. The molecule has 1 aromatic carbocycles. The molecule has 0 radical (unpaired) electrons. The summed E-state index contributed by atoms with van der Waals surface area (Å²) in [5.74, 6) is -1.82. The van der Waals surface area contributed by atoms with Crippen LogP contribution in [0.4, 0.5) is 0 Å². The van der Waals surface area contributed by atoms with E-state index in [0.717, 1.165) is 12.8 Å². The zero-order valence-corrected chi connectivity index (χ0v) is 15.1. The Morgan fingerprint density at radius 3 is 2.50 bits per heavy atom. The van der Waals surface area contributed by atoms with Crippen LogP contribution in [0.2, 0.25) is 5.02 Å². The second-order valence-electron chi connectivity index (χ2n) is 6.26. The number of primary amides is 1. The van der Waals surface area contributed by atoms with Crippen molar-refractivity contribution >= 4 is 29.4 Å². The van der Waals surface area contributed by atoms with E-state index in [0.29, 0.717) is 12.8 Å². The quantitative estimate of drug-likeness (QED) is 0.626. The van der Waals surface area contributed by atoms with Crippen molar-refractivity contribution in [2.24, 2.45) is 5.73 Å². The summed E-state index contributed by atoms with van der Waals surface area (Å²) in [4.78, 5) is 34.7. The average molecular weight is 385 g/mol. The third kappa shape index (κ3) is 4.78. The van der Waals surface area contributed by atoms with Crippen molar-refractivity contribution in [1.82, 2.24) is 5.32 Å². The molecule has 0 aromatic heterocycles. The van der Waals surface area contributed by atoms with E-state index in [1.54, 1.807) is 0 Å². The van der Waals surface area contributed by atoms with Crippen LogP contribution < -0.4 is 20.5 Å². The van der Waals surface area contributed by atoms with Crippen LogP contribution in [0.15, 0.2) is 12.1 Å². The van der Waals surface area contributed by atoms with E-state index in [2.05, 4.69) is 5.32 Å². The molecule has 2 rings (SSSR count). The molecule has 8 nitrogen and oxygen atoms in total. The Kier molecular flexibility index (Phi) is 6.31. The number of carboxylic acids is 1. The lowest BCUT2D eigenvalue weighted by Crippen LogP contribution is -2.47. The highest BCUT2D eigenvalue weighted by Crippen LogP contribution is 2.37. The lowest BCUT2D eigenvalue weighted by molar-refractivity contribution is -0.138. The Bertz CT molecular complexity index is 715. The fraction of sp³-hybridized carbons (Fsp3) is 0.471. The van der Waals surface area contributed by atoms with Crippen LogP contribution in [0, 0.1) is 0 Å². The van der Waals surface area contributed by atoms with Gasteiger partial charge in [0.2, 0.25) is 0 Å². The highest BCUT2D eigenvalue weighted by atomic mass is 35.5. The molecule has 26 heavy (non-hydrogen) atoms. The van der Waals surface area contributed by atoms with Gasteiger partial charge < -0.3 is 25.6 Å². The molecule has 0 saturated heterocycles.